The molecule has 1 aliphatic rings. The van der Waals surface area contributed by atoms with Gasteiger partial charge in [-0.05, 0) is 37.5 Å². The summed E-state index contributed by atoms with van der Waals surface area (Å²) in [4.78, 5) is 29.3. The highest BCUT2D eigenvalue weighted by molar-refractivity contribution is 5.95. The molecule has 18 heteroatoms. The molecule has 1 saturated heterocycles. The van der Waals surface area contributed by atoms with Gasteiger partial charge >= 0.3 is 11.9 Å². The first-order chi connectivity index (χ1) is 26.5. The molecule has 5 atom stereocenters. The maximum Gasteiger partial charge on any atom is 0.338 e. The van der Waals surface area contributed by atoms with Crippen molar-refractivity contribution in [2.24, 2.45) is 10.7 Å². The van der Waals surface area contributed by atoms with Gasteiger partial charge in [0.15, 0.2) is 35.7 Å². The van der Waals surface area contributed by atoms with Gasteiger partial charge in [0, 0.05) is 38.2 Å². The number of carboxylic acid groups (broad SMARTS) is 1. The van der Waals surface area contributed by atoms with Crippen molar-refractivity contribution < 1.29 is 68.6 Å². The Morgan fingerprint density at radius 2 is 1.69 bits per heavy atom. The van der Waals surface area contributed by atoms with Crippen LogP contribution in [-0.4, -0.2) is 126 Å². The number of methoxy groups -OCH3 is 1. The van der Waals surface area contributed by atoms with Crippen molar-refractivity contribution in [1.82, 2.24) is 5.32 Å². The van der Waals surface area contributed by atoms with E-state index in [-0.39, 0.29) is 71.5 Å². The highest BCUT2D eigenvalue weighted by atomic mass is 16.7. The Kier molecular flexibility index (Phi) is 16.0. The molecule has 3 aromatic rings. The summed E-state index contributed by atoms with van der Waals surface area (Å²) in [6, 6.07) is 14.5. The second-order valence-corrected chi connectivity index (χ2v) is 12.2. The Morgan fingerprint density at radius 1 is 0.945 bits per heavy atom. The molecule has 0 aliphatic carbocycles. The second kappa shape index (κ2) is 20.8. The Morgan fingerprint density at radius 3 is 2.38 bits per heavy atom. The molecule has 0 radical (unpaired) electrons. The normalized spacial score (nSPS) is 19.6. The number of nitrogens with one attached hydrogen (secondary N) is 2. The summed E-state index contributed by atoms with van der Waals surface area (Å²) in [7, 11) is 1.30. The number of unbranched alkanes of at least 4 members (excludes halogenated alkanes) is 1. The number of aliphatic hydroxyl groups is 4. The SMILES string of the molecule is CCNc1cc(OC2OC(COC(=O)c3cc(OC)c(O)c(OCCc4ccccc4)c3)C(O)C(O)C2O)c(OCN=C(N)NCCCCO)cc1C(=O)O. The molecule has 10 N–H and O–H groups in total. The molecule has 0 amide bonds. The molecule has 1 aliphatic heterocycles. The molecule has 3 aromatic carbocycles. The molecule has 55 heavy (non-hydrogen) atoms. The molecule has 18 nitrogen and oxygen atoms in total. The summed E-state index contributed by atoms with van der Waals surface area (Å²) in [6.07, 6.45) is -6.79. The smallest absolute Gasteiger partial charge is 0.338 e. The van der Waals surface area contributed by atoms with Crippen LogP contribution in [0, 0.1) is 0 Å². The monoisotopic (exact) mass is 772 g/mol. The molecule has 300 valence electrons. The largest absolute Gasteiger partial charge is 0.502 e. The Labute approximate surface area is 317 Å². The molecule has 4 rings (SSSR count). The standard InChI is InChI=1S/C37H48N4O14/c1-3-39-24-18-26(25(17-23(24)34(47)48)53-20-41-37(38)40-12-7-8-13-42)54-36-33(46)32(45)31(44)29(55-36)19-52-35(49)22-15-27(50-2)30(43)28(16-22)51-14-11-21-9-5-4-6-10-21/h4-6,9-10,15-18,29,31-33,36,39,42-46H,3,7-8,11-14,19-20H2,1-2H3,(H,47,48)(H3,38,40,41). The van der Waals surface area contributed by atoms with Crippen LogP contribution in [0.1, 0.15) is 46.0 Å². The number of aromatic carboxylic acids is 1. The molecule has 1 fully saturated rings. The van der Waals surface area contributed by atoms with Gasteiger partial charge in [-0.15, -0.1) is 0 Å². The van der Waals surface area contributed by atoms with Crippen molar-refractivity contribution in [3.8, 4) is 28.7 Å². The van der Waals surface area contributed by atoms with Crippen LogP contribution < -0.4 is 35.3 Å². The first-order valence-corrected chi connectivity index (χ1v) is 17.5. The van der Waals surface area contributed by atoms with E-state index in [0.29, 0.717) is 32.4 Å². The van der Waals surface area contributed by atoms with E-state index < -0.39 is 49.3 Å². The number of hydrogen-bond acceptors (Lipinski definition) is 15. The lowest BCUT2D eigenvalue weighted by atomic mass is 9.99. The number of phenols is 1. The van der Waals surface area contributed by atoms with Crippen LogP contribution in [0.25, 0.3) is 0 Å². The van der Waals surface area contributed by atoms with Crippen LogP contribution in [0.4, 0.5) is 5.69 Å². The summed E-state index contributed by atoms with van der Waals surface area (Å²) in [6.45, 7) is 1.72. The average Bonchev–Trinajstić information content (AvgIpc) is 3.17. The fourth-order valence-electron chi connectivity index (χ4n) is 5.37. The fourth-order valence-corrected chi connectivity index (χ4v) is 5.37. The maximum absolute atomic E-state index is 13.2. The van der Waals surface area contributed by atoms with Crippen molar-refractivity contribution in [2.45, 2.75) is 56.9 Å². The van der Waals surface area contributed by atoms with Gasteiger partial charge in [0.2, 0.25) is 12.0 Å². The molecule has 1 heterocycles. The van der Waals surface area contributed by atoms with E-state index in [9.17, 15) is 35.1 Å². The van der Waals surface area contributed by atoms with Crippen LogP contribution in [0.5, 0.6) is 28.7 Å². The predicted octanol–water partition coefficient (Wildman–Crippen LogP) is 1.21. The summed E-state index contributed by atoms with van der Waals surface area (Å²) in [5, 5.41) is 67.5. The number of carboxylic acids is 1. The zero-order chi connectivity index (χ0) is 39.9. The molecule has 0 aromatic heterocycles. The van der Waals surface area contributed by atoms with Gasteiger partial charge in [0.1, 0.15) is 31.0 Å². The lowest BCUT2D eigenvalue weighted by molar-refractivity contribution is -0.277. The third-order valence-corrected chi connectivity index (χ3v) is 8.30. The Balaban J connectivity index is 1.49. The lowest BCUT2D eigenvalue weighted by Gasteiger charge is -2.40. The van der Waals surface area contributed by atoms with Crippen LogP contribution >= 0.6 is 0 Å². The minimum Gasteiger partial charge on any atom is -0.502 e. The highest BCUT2D eigenvalue weighted by Gasteiger charge is 2.46. The third-order valence-electron chi connectivity index (χ3n) is 8.30. The second-order valence-electron chi connectivity index (χ2n) is 12.2. The number of carbonyl (C=O) groups is 2. The first-order valence-electron chi connectivity index (χ1n) is 17.5. The predicted molar refractivity (Wildman–Crippen MR) is 197 cm³/mol. The number of nitrogens with two attached hydrogens (primary N) is 1. The molecular weight excluding hydrogens is 724 g/mol. The summed E-state index contributed by atoms with van der Waals surface area (Å²) in [5.74, 6) is -2.87. The zero-order valence-corrected chi connectivity index (χ0v) is 30.4. The Hall–Kier alpha value is -5.53. The van der Waals surface area contributed by atoms with E-state index in [0.717, 1.165) is 5.56 Å². The minimum atomic E-state index is -1.84. The van der Waals surface area contributed by atoms with Gasteiger partial charge in [-0.25, -0.2) is 14.6 Å². The van der Waals surface area contributed by atoms with E-state index in [1.54, 1.807) is 6.92 Å². The maximum atomic E-state index is 13.2. The molecular formula is C37H48N4O14. The van der Waals surface area contributed by atoms with Crippen molar-refractivity contribution in [2.75, 3.05) is 52.1 Å². The van der Waals surface area contributed by atoms with E-state index in [1.165, 1.54) is 31.4 Å². The van der Waals surface area contributed by atoms with Gasteiger partial charge in [0.05, 0.1) is 30.5 Å². The van der Waals surface area contributed by atoms with Gasteiger partial charge in [-0.1, -0.05) is 30.3 Å². The number of ether oxygens (including phenoxy) is 6. The van der Waals surface area contributed by atoms with Crippen molar-refractivity contribution >= 4 is 23.6 Å². The number of aromatic hydroxyl groups is 1. The third kappa shape index (κ3) is 11.7. The number of esters is 1. The van der Waals surface area contributed by atoms with Gasteiger partial charge < -0.3 is 75.4 Å². The summed E-state index contributed by atoms with van der Waals surface area (Å²) < 4.78 is 33.8. The van der Waals surface area contributed by atoms with Gasteiger partial charge in [-0.2, -0.15) is 0 Å². The van der Waals surface area contributed by atoms with Crippen molar-refractivity contribution in [3.05, 3.63) is 71.3 Å². The zero-order valence-electron chi connectivity index (χ0n) is 30.4. The van der Waals surface area contributed by atoms with Crippen LogP contribution in [0.2, 0.25) is 0 Å². The fraction of sp³-hybridized carbons (Fsp3) is 0.432. The number of carbonyl (C=O) groups excluding carboxylic acids is 1. The minimum absolute atomic E-state index is 0.0289. The number of rotatable bonds is 20. The van der Waals surface area contributed by atoms with Gasteiger partial charge in [-0.3, -0.25) is 0 Å². The lowest BCUT2D eigenvalue weighted by Crippen LogP contribution is -2.60. The molecule has 5 unspecified atom stereocenters. The molecule has 0 saturated carbocycles. The average molecular weight is 773 g/mol. The summed E-state index contributed by atoms with van der Waals surface area (Å²) >= 11 is 0. The quantitative estimate of drug-likeness (QED) is 0.0338. The number of phenolic OH excluding ortho intramolecular Hbond substituents is 1. The van der Waals surface area contributed by atoms with Crippen molar-refractivity contribution in [3.63, 3.8) is 0 Å². The van der Waals surface area contributed by atoms with Crippen LogP contribution in [0.3, 0.4) is 0 Å². The topological polar surface area (TPSA) is 273 Å². The number of benzene rings is 3. The van der Waals surface area contributed by atoms with Crippen molar-refractivity contribution in [1.29, 1.82) is 0 Å². The van der Waals surface area contributed by atoms with Gasteiger partial charge in [0.25, 0.3) is 0 Å². The number of aliphatic hydroxyl groups excluding tert-OH is 4. The Bertz CT molecular complexity index is 1740. The number of guanidine groups is 1. The van der Waals surface area contributed by atoms with E-state index in [4.69, 9.17) is 39.3 Å². The van der Waals surface area contributed by atoms with Crippen LogP contribution in [-0.2, 0) is 15.9 Å². The van der Waals surface area contributed by atoms with E-state index >= 15 is 0 Å². The highest BCUT2D eigenvalue weighted by Crippen LogP contribution is 2.39. The van der Waals surface area contributed by atoms with Crippen LogP contribution in [0.15, 0.2) is 59.6 Å². The number of aliphatic imine (C=N–C) groups is 1. The summed E-state index contributed by atoms with van der Waals surface area (Å²) in [5.41, 5.74) is 6.75. The number of anilines is 1. The first kappa shape index (κ1) is 42.2. The molecule has 0 bridgehead atoms. The van der Waals surface area contributed by atoms with E-state index in [2.05, 4.69) is 15.6 Å². The number of hydrogen-bond donors (Lipinski definition) is 9. The molecule has 0 spiro atoms. The number of nitrogens with zero attached hydrogens (tertiary/aromatic N) is 1. The van der Waals surface area contributed by atoms with E-state index in [1.807, 2.05) is 30.3 Å².